The molecule has 1 rings (SSSR count). The molecule has 1 atom stereocenters. The van der Waals surface area contributed by atoms with Crippen molar-refractivity contribution in [2.45, 2.75) is 13.5 Å². The van der Waals surface area contributed by atoms with Gasteiger partial charge in [-0.05, 0) is 30.2 Å². The van der Waals surface area contributed by atoms with Crippen molar-refractivity contribution in [1.29, 1.82) is 0 Å². The van der Waals surface area contributed by atoms with Gasteiger partial charge in [-0.15, -0.1) is 12.4 Å². The molecule has 0 amide bonds. The molecule has 1 aromatic carbocycles. The topological polar surface area (TPSA) is 35.2 Å². The predicted octanol–water partition coefficient (Wildman–Crippen LogP) is 2.36. The van der Waals surface area contributed by atoms with Crippen LogP contribution in [0.3, 0.4) is 0 Å². The van der Waals surface area contributed by atoms with Gasteiger partial charge in [-0.2, -0.15) is 0 Å². The first-order valence-corrected chi connectivity index (χ1v) is 4.74. The Labute approximate surface area is 96.0 Å². The van der Waals surface area contributed by atoms with Crippen molar-refractivity contribution < 1.29 is 9.13 Å². The van der Waals surface area contributed by atoms with E-state index in [4.69, 9.17) is 10.5 Å². The second kappa shape index (κ2) is 7.63. The van der Waals surface area contributed by atoms with E-state index in [0.717, 1.165) is 5.56 Å². The highest BCUT2D eigenvalue weighted by Gasteiger charge is 1.99. The molecule has 86 valence electrons. The molecule has 0 radical (unpaired) electrons. The van der Waals surface area contributed by atoms with E-state index in [1.807, 2.05) is 6.92 Å². The van der Waals surface area contributed by atoms with Crippen molar-refractivity contribution in [3.63, 3.8) is 0 Å². The van der Waals surface area contributed by atoms with Crippen LogP contribution in [0.15, 0.2) is 24.3 Å². The number of ether oxygens (including phenoxy) is 1. The maximum atomic E-state index is 12.5. The lowest BCUT2D eigenvalue weighted by Crippen LogP contribution is -2.16. The molecule has 1 unspecified atom stereocenters. The quantitative estimate of drug-likeness (QED) is 0.848. The van der Waals surface area contributed by atoms with Crippen LogP contribution in [0, 0.1) is 11.7 Å². The summed E-state index contributed by atoms with van der Waals surface area (Å²) in [5.74, 6) is 0.152. The van der Waals surface area contributed by atoms with Crippen LogP contribution in [0.5, 0.6) is 0 Å². The van der Waals surface area contributed by atoms with Gasteiger partial charge in [-0.25, -0.2) is 4.39 Å². The number of benzene rings is 1. The van der Waals surface area contributed by atoms with E-state index in [1.54, 1.807) is 12.1 Å². The molecule has 0 bridgehead atoms. The highest BCUT2D eigenvalue weighted by molar-refractivity contribution is 5.85. The number of hydrogen-bond acceptors (Lipinski definition) is 2. The summed E-state index contributed by atoms with van der Waals surface area (Å²) in [5, 5.41) is 0. The Balaban J connectivity index is 0.00000196. The molecule has 0 fully saturated rings. The molecule has 4 heteroatoms. The van der Waals surface area contributed by atoms with Crippen LogP contribution in [0.2, 0.25) is 0 Å². The monoisotopic (exact) mass is 233 g/mol. The molecule has 0 saturated carbocycles. The van der Waals surface area contributed by atoms with Gasteiger partial charge in [0.15, 0.2) is 0 Å². The Morgan fingerprint density at radius 1 is 1.33 bits per heavy atom. The van der Waals surface area contributed by atoms with Crippen molar-refractivity contribution in [3.05, 3.63) is 35.6 Å². The smallest absolute Gasteiger partial charge is 0.123 e. The summed E-state index contributed by atoms with van der Waals surface area (Å²) < 4.78 is 17.9. The molecular weight excluding hydrogens is 217 g/mol. The van der Waals surface area contributed by atoms with E-state index in [9.17, 15) is 4.39 Å². The normalized spacial score (nSPS) is 11.9. The largest absolute Gasteiger partial charge is 0.376 e. The molecule has 2 N–H and O–H groups in total. The summed E-state index contributed by atoms with van der Waals surface area (Å²) in [7, 11) is 0. The van der Waals surface area contributed by atoms with E-state index in [0.29, 0.717) is 25.7 Å². The fourth-order valence-corrected chi connectivity index (χ4v) is 1.03. The zero-order valence-corrected chi connectivity index (χ0v) is 9.60. The van der Waals surface area contributed by atoms with Crippen LogP contribution in [0.1, 0.15) is 12.5 Å². The minimum absolute atomic E-state index is 0. The minimum atomic E-state index is -0.218. The lowest BCUT2D eigenvalue weighted by molar-refractivity contribution is 0.0943. The SMILES string of the molecule is CC(CN)COCc1ccc(F)cc1.Cl. The number of nitrogens with two attached hydrogens (primary N) is 1. The molecule has 15 heavy (non-hydrogen) atoms. The third-order valence-electron chi connectivity index (χ3n) is 1.99. The number of halogens is 2. The van der Waals surface area contributed by atoms with Crippen molar-refractivity contribution in [3.8, 4) is 0 Å². The van der Waals surface area contributed by atoms with Crippen LogP contribution >= 0.6 is 12.4 Å². The molecule has 2 nitrogen and oxygen atoms in total. The van der Waals surface area contributed by atoms with Crippen LogP contribution in [-0.4, -0.2) is 13.2 Å². The second-order valence-electron chi connectivity index (χ2n) is 3.48. The molecule has 0 saturated heterocycles. The van der Waals surface area contributed by atoms with E-state index < -0.39 is 0 Å². The van der Waals surface area contributed by atoms with Gasteiger partial charge in [0.1, 0.15) is 5.82 Å². The van der Waals surface area contributed by atoms with Crippen LogP contribution in [0.25, 0.3) is 0 Å². The number of hydrogen-bond donors (Lipinski definition) is 1. The Morgan fingerprint density at radius 3 is 2.47 bits per heavy atom. The standard InChI is InChI=1S/C11H16FNO.ClH/c1-9(6-13)7-14-8-10-2-4-11(12)5-3-10;/h2-5,9H,6-8,13H2,1H3;1H. The summed E-state index contributed by atoms with van der Waals surface area (Å²) >= 11 is 0. The van der Waals surface area contributed by atoms with Gasteiger partial charge in [0.2, 0.25) is 0 Å². The van der Waals surface area contributed by atoms with Crippen molar-refractivity contribution in [2.75, 3.05) is 13.2 Å². The van der Waals surface area contributed by atoms with E-state index in [1.165, 1.54) is 12.1 Å². The van der Waals surface area contributed by atoms with Crippen LogP contribution in [-0.2, 0) is 11.3 Å². The molecule has 0 heterocycles. The molecule has 1 aromatic rings. The molecule has 0 aromatic heterocycles. The molecule has 0 aliphatic heterocycles. The first-order valence-electron chi connectivity index (χ1n) is 4.74. The van der Waals surface area contributed by atoms with Gasteiger partial charge in [0.25, 0.3) is 0 Å². The van der Waals surface area contributed by atoms with Gasteiger partial charge < -0.3 is 10.5 Å². The molecular formula is C11H17ClFNO. The third kappa shape index (κ3) is 5.72. The lowest BCUT2D eigenvalue weighted by atomic mass is 10.2. The maximum Gasteiger partial charge on any atom is 0.123 e. The Hall–Kier alpha value is -0.640. The minimum Gasteiger partial charge on any atom is -0.376 e. The first kappa shape index (κ1) is 14.4. The van der Waals surface area contributed by atoms with Crippen molar-refractivity contribution in [2.24, 2.45) is 11.7 Å². The van der Waals surface area contributed by atoms with Gasteiger partial charge in [-0.3, -0.25) is 0 Å². The Bertz CT molecular complexity index is 266. The summed E-state index contributed by atoms with van der Waals surface area (Å²) in [6.07, 6.45) is 0. The predicted molar refractivity (Wildman–Crippen MR) is 61.5 cm³/mol. The van der Waals surface area contributed by atoms with E-state index in [-0.39, 0.29) is 18.2 Å². The highest BCUT2D eigenvalue weighted by Crippen LogP contribution is 2.05. The maximum absolute atomic E-state index is 12.5. The van der Waals surface area contributed by atoms with Crippen molar-refractivity contribution >= 4 is 12.4 Å². The second-order valence-corrected chi connectivity index (χ2v) is 3.48. The third-order valence-corrected chi connectivity index (χ3v) is 1.99. The average Bonchev–Trinajstić information content (AvgIpc) is 2.21. The average molecular weight is 234 g/mol. The van der Waals surface area contributed by atoms with E-state index in [2.05, 4.69) is 0 Å². The molecule has 0 spiro atoms. The Morgan fingerprint density at radius 2 is 1.93 bits per heavy atom. The highest BCUT2D eigenvalue weighted by atomic mass is 35.5. The summed E-state index contributed by atoms with van der Waals surface area (Å²) in [6.45, 7) is 3.83. The van der Waals surface area contributed by atoms with Crippen LogP contribution in [0.4, 0.5) is 4.39 Å². The molecule has 0 aliphatic carbocycles. The molecule has 0 aliphatic rings. The van der Waals surface area contributed by atoms with Gasteiger partial charge >= 0.3 is 0 Å². The van der Waals surface area contributed by atoms with E-state index >= 15 is 0 Å². The lowest BCUT2D eigenvalue weighted by Gasteiger charge is -2.09. The van der Waals surface area contributed by atoms with Crippen LogP contribution < -0.4 is 5.73 Å². The summed E-state index contributed by atoms with van der Waals surface area (Å²) in [6, 6.07) is 6.32. The zero-order valence-electron chi connectivity index (χ0n) is 8.78. The van der Waals surface area contributed by atoms with Gasteiger partial charge in [0.05, 0.1) is 13.2 Å². The fraction of sp³-hybridized carbons (Fsp3) is 0.455. The van der Waals surface area contributed by atoms with Crippen molar-refractivity contribution in [1.82, 2.24) is 0 Å². The first-order chi connectivity index (χ1) is 6.72. The zero-order chi connectivity index (χ0) is 10.4. The number of rotatable bonds is 5. The van der Waals surface area contributed by atoms with Gasteiger partial charge in [0, 0.05) is 0 Å². The Kier molecular flexibility index (Phi) is 7.30. The fourth-order valence-electron chi connectivity index (χ4n) is 1.03. The summed E-state index contributed by atoms with van der Waals surface area (Å²) in [4.78, 5) is 0. The van der Waals surface area contributed by atoms with Gasteiger partial charge in [-0.1, -0.05) is 19.1 Å². The summed E-state index contributed by atoms with van der Waals surface area (Å²) in [5.41, 5.74) is 6.42.